The number of hydrogen-bond acceptors (Lipinski definition) is 3. The Bertz CT molecular complexity index is 437. The first-order valence-electron chi connectivity index (χ1n) is 8.14. The molecule has 0 unspecified atom stereocenters. The van der Waals surface area contributed by atoms with Gasteiger partial charge in [0.1, 0.15) is 5.75 Å². The van der Waals surface area contributed by atoms with Crippen LogP contribution in [-0.4, -0.2) is 37.7 Å². The van der Waals surface area contributed by atoms with E-state index in [1.807, 2.05) is 0 Å². The van der Waals surface area contributed by atoms with Crippen molar-refractivity contribution in [2.24, 2.45) is 0 Å². The Labute approximate surface area is 146 Å². The summed E-state index contributed by atoms with van der Waals surface area (Å²) >= 11 is 0. The minimum absolute atomic E-state index is 0. The van der Waals surface area contributed by atoms with Gasteiger partial charge in [-0.25, -0.2) is 0 Å². The van der Waals surface area contributed by atoms with Crippen LogP contribution in [0.25, 0.3) is 0 Å². The van der Waals surface area contributed by atoms with E-state index in [2.05, 4.69) is 28.4 Å². The zero-order valence-corrected chi connectivity index (χ0v) is 14.8. The maximum atomic E-state index is 5.90. The molecule has 1 fully saturated rings. The molecule has 0 spiro atoms. The van der Waals surface area contributed by atoms with Gasteiger partial charge in [-0.05, 0) is 56.8 Å². The minimum atomic E-state index is 0. The van der Waals surface area contributed by atoms with E-state index in [0.717, 1.165) is 25.3 Å². The fourth-order valence-corrected chi connectivity index (χ4v) is 3.19. The van der Waals surface area contributed by atoms with Crippen LogP contribution in [0.3, 0.4) is 0 Å². The zero-order valence-electron chi connectivity index (χ0n) is 13.2. The molecular weight excluding hydrogens is 319 g/mol. The Hall–Kier alpha value is -0.640. The molecule has 1 saturated heterocycles. The van der Waals surface area contributed by atoms with Crippen molar-refractivity contribution in [3.05, 3.63) is 23.8 Å². The number of ether oxygens (including phenoxy) is 1. The van der Waals surface area contributed by atoms with Crippen molar-refractivity contribution in [1.29, 1.82) is 0 Å². The Morgan fingerprint density at radius 3 is 2.68 bits per heavy atom. The highest BCUT2D eigenvalue weighted by Crippen LogP contribution is 2.26. The summed E-state index contributed by atoms with van der Waals surface area (Å²) in [6, 6.07) is 6.49. The van der Waals surface area contributed by atoms with E-state index in [0.29, 0.717) is 0 Å². The van der Waals surface area contributed by atoms with Gasteiger partial charge >= 0.3 is 0 Å². The first kappa shape index (κ1) is 19.4. The van der Waals surface area contributed by atoms with E-state index in [1.165, 1.54) is 63.0 Å². The first-order valence-corrected chi connectivity index (χ1v) is 8.14. The third-order valence-electron chi connectivity index (χ3n) is 4.36. The smallest absolute Gasteiger partial charge is 0.121 e. The number of anilines is 1. The number of nitrogens with one attached hydrogen (secondary N) is 1. The lowest BCUT2D eigenvalue weighted by Crippen LogP contribution is -2.31. The topological polar surface area (TPSA) is 24.5 Å². The van der Waals surface area contributed by atoms with Gasteiger partial charge in [0.05, 0.1) is 6.61 Å². The van der Waals surface area contributed by atoms with Crippen molar-refractivity contribution in [2.75, 3.05) is 38.1 Å². The van der Waals surface area contributed by atoms with E-state index in [4.69, 9.17) is 4.74 Å². The number of rotatable bonds is 5. The number of fused-ring (bicyclic) bond motifs is 1. The van der Waals surface area contributed by atoms with Crippen molar-refractivity contribution in [3.8, 4) is 5.75 Å². The summed E-state index contributed by atoms with van der Waals surface area (Å²) in [6.07, 6.45) is 7.72. The van der Waals surface area contributed by atoms with E-state index >= 15 is 0 Å². The van der Waals surface area contributed by atoms with Gasteiger partial charge in [-0.2, -0.15) is 0 Å². The predicted molar refractivity (Wildman–Crippen MR) is 98.2 cm³/mol. The second kappa shape index (κ2) is 10.2. The highest BCUT2D eigenvalue weighted by molar-refractivity contribution is 5.85. The number of likely N-dealkylation sites (tertiary alicyclic amines) is 1. The number of hydrogen-bond donors (Lipinski definition) is 1. The quantitative estimate of drug-likeness (QED) is 0.810. The van der Waals surface area contributed by atoms with Gasteiger partial charge in [0.15, 0.2) is 0 Å². The second-order valence-electron chi connectivity index (χ2n) is 5.95. The largest absolute Gasteiger partial charge is 0.493 e. The van der Waals surface area contributed by atoms with Crippen LogP contribution in [0.5, 0.6) is 5.75 Å². The molecule has 0 bridgehead atoms. The van der Waals surface area contributed by atoms with Gasteiger partial charge in [0.25, 0.3) is 0 Å². The molecule has 2 aliphatic rings. The standard InChI is InChI=1S/C17H26N2O.2ClH/c1-2-10-19(11-3-1)12-5-13-20-16-8-7-15-6-4-9-18-17(15)14-16;;/h7-8,14,18H,1-6,9-13H2;2*1H. The average molecular weight is 347 g/mol. The molecule has 1 N–H and O–H groups in total. The maximum absolute atomic E-state index is 5.90. The van der Waals surface area contributed by atoms with E-state index < -0.39 is 0 Å². The van der Waals surface area contributed by atoms with Crippen LogP contribution in [0.1, 0.15) is 37.7 Å². The molecule has 2 heterocycles. The molecule has 0 amide bonds. The molecule has 2 aliphatic heterocycles. The highest BCUT2D eigenvalue weighted by atomic mass is 35.5. The normalized spacial score (nSPS) is 17.5. The number of piperidine rings is 1. The third-order valence-corrected chi connectivity index (χ3v) is 4.36. The summed E-state index contributed by atoms with van der Waals surface area (Å²) in [7, 11) is 0. The number of benzene rings is 1. The molecule has 5 heteroatoms. The van der Waals surface area contributed by atoms with Crippen LogP contribution < -0.4 is 10.1 Å². The van der Waals surface area contributed by atoms with Crippen LogP contribution >= 0.6 is 24.8 Å². The summed E-state index contributed by atoms with van der Waals surface area (Å²) in [4.78, 5) is 2.57. The zero-order chi connectivity index (χ0) is 13.6. The van der Waals surface area contributed by atoms with Crippen molar-refractivity contribution in [3.63, 3.8) is 0 Å². The van der Waals surface area contributed by atoms with Crippen LogP contribution in [0.4, 0.5) is 5.69 Å². The summed E-state index contributed by atoms with van der Waals surface area (Å²) in [5.74, 6) is 1.01. The van der Waals surface area contributed by atoms with E-state index in [-0.39, 0.29) is 24.8 Å². The monoisotopic (exact) mass is 346 g/mol. The average Bonchev–Trinajstić information content (AvgIpc) is 2.52. The summed E-state index contributed by atoms with van der Waals surface area (Å²) in [6.45, 7) is 5.66. The molecule has 3 nitrogen and oxygen atoms in total. The molecule has 0 aliphatic carbocycles. The van der Waals surface area contributed by atoms with Crippen molar-refractivity contribution in [2.45, 2.75) is 38.5 Å². The molecule has 1 aromatic carbocycles. The Balaban J connectivity index is 0.00000121. The molecule has 1 aromatic rings. The van der Waals surface area contributed by atoms with Crippen LogP contribution in [0, 0.1) is 0 Å². The lowest BCUT2D eigenvalue weighted by atomic mass is 10.0. The van der Waals surface area contributed by atoms with Crippen LogP contribution in [0.2, 0.25) is 0 Å². The van der Waals surface area contributed by atoms with Gasteiger partial charge in [-0.15, -0.1) is 24.8 Å². The lowest BCUT2D eigenvalue weighted by Gasteiger charge is -2.26. The van der Waals surface area contributed by atoms with Crippen molar-refractivity contribution >= 4 is 30.5 Å². The lowest BCUT2D eigenvalue weighted by molar-refractivity contribution is 0.205. The molecule has 3 rings (SSSR count). The van der Waals surface area contributed by atoms with Crippen LogP contribution in [-0.2, 0) is 6.42 Å². The molecule has 22 heavy (non-hydrogen) atoms. The second-order valence-corrected chi connectivity index (χ2v) is 5.95. The predicted octanol–water partition coefficient (Wildman–Crippen LogP) is 4.14. The Morgan fingerprint density at radius 1 is 1.05 bits per heavy atom. The van der Waals surface area contributed by atoms with Crippen molar-refractivity contribution in [1.82, 2.24) is 4.90 Å². The fourth-order valence-electron chi connectivity index (χ4n) is 3.19. The van der Waals surface area contributed by atoms with Gasteiger partial charge < -0.3 is 15.0 Å². The van der Waals surface area contributed by atoms with E-state index in [9.17, 15) is 0 Å². The number of halogens is 2. The third kappa shape index (κ3) is 5.53. The molecule has 126 valence electrons. The van der Waals surface area contributed by atoms with E-state index in [1.54, 1.807) is 0 Å². The maximum Gasteiger partial charge on any atom is 0.121 e. The van der Waals surface area contributed by atoms with Gasteiger partial charge in [-0.3, -0.25) is 0 Å². The minimum Gasteiger partial charge on any atom is -0.493 e. The highest BCUT2D eigenvalue weighted by Gasteiger charge is 2.10. The summed E-state index contributed by atoms with van der Waals surface area (Å²) in [5, 5.41) is 3.46. The SMILES string of the molecule is Cl.Cl.c1cc2c(cc1OCCCN1CCCCC1)NCCC2. The summed E-state index contributed by atoms with van der Waals surface area (Å²) in [5.41, 5.74) is 2.70. The van der Waals surface area contributed by atoms with Gasteiger partial charge in [0, 0.05) is 24.8 Å². The molecule has 0 aromatic heterocycles. The van der Waals surface area contributed by atoms with Gasteiger partial charge in [-0.1, -0.05) is 12.5 Å². The Kier molecular flexibility index (Phi) is 8.99. The van der Waals surface area contributed by atoms with Crippen LogP contribution in [0.15, 0.2) is 18.2 Å². The Morgan fingerprint density at radius 2 is 1.86 bits per heavy atom. The molecule has 0 atom stereocenters. The number of aryl methyl sites for hydroxylation is 1. The first-order chi connectivity index (χ1) is 9.92. The molecular formula is C17H28Cl2N2O. The van der Waals surface area contributed by atoms with Crippen molar-refractivity contribution < 1.29 is 4.74 Å². The van der Waals surface area contributed by atoms with Gasteiger partial charge in [0.2, 0.25) is 0 Å². The summed E-state index contributed by atoms with van der Waals surface area (Å²) < 4.78 is 5.90. The molecule has 0 radical (unpaired) electrons. The number of nitrogens with zero attached hydrogens (tertiary/aromatic N) is 1. The molecule has 0 saturated carbocycles. The fraction of sp³-hybridized carbons (Fsp3) is 0.647.